The quantitative estimate of drug-likeness (QED) is 0.708. The summed E-state index contributed by atoms with van der Waals surface area (Å²) in [4.78, 5) is 14.9. The molecule has 134 valence electrons. The summed E-state index contributed by atoms with van der Waals surface area (Å²) in [6, 6.07) is 11.4. The number of hydrogen-bond donors (Lipinski definition) is 0. The van der Waals surface area contributed by atoms with Gasteiger partial charge in [0.2, 0.25) is 5.91 Å². The Labute approximate surface area is 148 Å². The second-order valence-corrected chi connectivity index (χ2v) is 7.06. The third kappa shape index (κ3) is 2.14. The highest BCUT2D eigenvalue weighted by atomic mass is 19.4. The van der Waals surface area contributed by atoms with E-state index in [1.54, 1.807) is 11.0 Å². The first-order valence-electron chi connectivity index (χ1n) is 8.67. The lowest BCUT2D eigenvalue weighted by Gasteiger charge is -2.43. The number of piperidine rings is 1. The maximum Gasteiger partial charge on any atom is 0.416 e. The largest absolute Gasteiger partial charge is 0.416 e. The van der Waals surface area contributed by atoms with Crippen LogP contribution in [-0.2, 0) is 15.7 Å². The number of halogens is 3. The van der Waals surface area contributed by atoms with E-state index in [1.807, 2.05) is 24.3 Å². The van der Waals surface area contributed by atoms with Crippen molar-refractivity contribution in [3.63, 3.8) is 0 Å². The summed E-state index contributed by atoms with van der Waals surface area (Å²) in [5, 5.41) is 0. The predicted molar refractivity (Wildman–Crippen MR) is 88.4 cm³/mol. The molecule has 5 rings (SSSR count). The summed E-state index contributed by atoms with van der Waals surface area (Å²) in [6.45, 7) is 1.03. The molecule has 0 N–H and O–H groups in total. The van der Waals surface area contributed by atoms with E-state index in [4.69, 9.17) is 4.74 Å². The number of fused-ring (bicyclic) bond motifs is 7. The molecule has 26 heavy (non-hydrogen) atoms. The number of carbonyl (C=O) groups excluding carboxylic acids is 1. The number of nitrogens with zero attached hydrogens (tertiary/aromatic N) is 1. The summed E-state index contributed by atoms with van der Waals surface area (Å²) in [6.07, 6.45) is -4.22. The Morgan fingerprint density at radius 3 is 2.62 bits per heavy atom. The molecular formula is C20H16F3NO2. The molecule has 0 saturated carbocycles. The minimum absolute atomic E-state index is 0.0424. The Morgan fingerprint density at radius 2 is 1.81 bits per heavy atom. The SMILES string of the molecule is O=C1[C@H]2c3ccccc3-c3ccc(C(F)(F)F)cc3[C@H]2C[C@H]2OCCN12. The van der Waals surface area contributed by atoms with Crippen molar-refractivity contribution in [3.05, 3.63) is 59.2 Å². The van der Waals surface area contributed by atoms with Gasteiger partial charge in [0.25, 0.3) is 0 Å². The van der Waals surface area contributed by atoms with Crippen molar-refractivity contribution in [2.45, 2.75) is 30.7 Å². The van der Waals surface area contributed by atoms with Crippen molar-refractivity contribution < 1.29 is 22.7 Å². The Bertz CT molecular complexity index is 908. The maximum absolute atomic E-state index is 13.3. The van der Waals surface area contributed by atoms with Gasteiger partial charge in [-0.2, -0.15) is 13.2 Å². The highest BCUT2D eigenvalue weighted by molar-refractivity contribution is 5.92. The van der Waals surface area contributed by atoms with Crippen molar-refractivity contribution in [1.29, 1.82) is 0 Å². The molecule has 2 aromatic rings. The number of benzene rings is 2. The molecule has 3 nitrogen and oxygen atoms in total. The van der Waals surface area contributed by atoms with Crippen LogP contribution in [0.15, 0.2) is 42.5 Å². The van der Waals surface area contributed by atoms with Gasteiger partial charge in [0.15, 0.2) is 0 Å². The molecule has 6 heteroatoms. The zero-order valence-electron chi connectivity index (χ0n) is 13.8. The number of hydrogen-bond acceptors (Lipinski definition) is 2. The fourth-order valence-corrected chi connectivity index (χ4v) is 4.63. The topological polar surface area (TPSA) is 29.5 Å². The molecule has 0 aromatic heterocycles. The summed E-state index contributed by atoms with van der Waals surface area (Å²) in [5.41, 5.74) is 2.47. The Morgan fingerprint density at radius 1 is 1.04 bits per heavy atom. The molecule has 1 aliphatic carbocycles. The second kappa shape index (κ2) is 5.33. The maximum atomic E-state index is 13.3. The van der Waals surface area contributed by atoms with Crippen LogP contribution < -0.4 is 0 Å². The van der Waals surface area contributed by atoms with Crippen LogP contribution in [0.1, 0.15) is 34.9 Å². The van der Waals surface area contributed by atoms with Crippen molar-refractivity contribution in [3.8, 4) is 11.1 Å². The molecular weight excluding hydrogens is 343 g/mol. The molecule has 2 aliphatic heterocycles. The van der Waals surface area contributed by atoms with Crippen LogP contribution in [0.4, 0.5) is 13.2 Å². The molecule has 2 heterocycles. The van der Waals surface area contributed by atoms with E-state index >= 15 is 0 Å². The van der Waals surface area contributed by atoms with Crippen LogP contribution in [0, 0.1) is 0 Å². The molecule has 0 unspecified atom stereocenters. The number of carbonyl (C=O) groups is 1. The highest BCUT2D eigenvalue weighted by Gasteiger charge is 2.49. The smallest absolute Gasteiger partial charge is 0.356 e. The van der Waals surface area contributed by atoms with E-state index in [9.17, 15) is 18.0 Å². The third-order valence-electron chi connectivity index (χ3n) is 5.76. The number of amides is 1. The summed E-state index contributed by atoms with van der Waals surface area (Å²) in [7, 11) is 0. The standard InChI is InChI=1S/C20H16F3NO2/c21-20(22,23)11-5-6-13-12-3-1-2-4-14(12)18-16(15(13)9-11)10-17-24(19(18)25)7-8-26-17/h1-6,9,16-18H,7-8,10H2/t16-,17-,18+/m1/s1. The molecule has 0 bridgehead atoms. The van der Waals surface area contributed by atoms with Crippen LogP contribution in [0.3, 0.4) is 0 Å². The molecule has 2 saturated heterocycles. The molecule has 0 radical (unpaired) electrons. The fourth-order valence-electron chi connectivity index (χ4n) is 4.63. The zero-order chi connectivity index (χ0) is 18.1. The van der Waals surface area contributed by atoms with E-state index in [2.05, 4.69) is 0 Å². The molecule has 2 fully saturated rings. The van der Waals surface area contributed by atoms with Crippen LogP contribution >= 0.6 is 0 Å². The van der Waals surface area contributed by atoms with Crippen molar-refractivity contribution in [1.82, 2.24) is 4.90 Å². The van der Waals surface area contributed by atoms with Crippen molar-refractivity contribution in [2.75, 3.05) is 13.2 Å². The van der Waals surface area contributed by atoms with E-state index in [1.165, 1.54) is 6.07 Å². The van der Waals surface area contributed by atoms with Gasteiger partial charge in [-0.1, -0.05) is 30.3 Å². The first-order valence-corrected chi connectivity index (χ1v) is 8.67. The minimum Gasteiger partial charge on any atom is -0.356 e. The number of alkyl halides is 3. The molecule has 1 amide bonds. The number of rotatable bonds is 0. The molecule has 3 atom stereocenters. The molecule has 3 aliphatic rings. The van der Waals surface area contributed by atoms with Gasteiger partial charge in [-0.15, -0.1) is 0 Å². The van der Waals surface area contributed by atoms with Crippen LogP contribution in [0.5, 0.6) is 0 Å². The highest BCUT2D eigenvalue weighted by Crippen LogP contribution is 2.53. The van der Waals surface area contributed by atoms with Gasteiger partial charge in [0.05, 0.1) is 18.1 Å². The Kier molecular flexibility index (Phi) is 3.26. The average molecular weight is 359 g/mol. The second-order valence-electron chi connectivity index (χ2n) is 7.06. The molecule has 2 aromatic carbocycles. The van der Waals surface area contributed by atoms with Gasteiger partial charge < -0.3 is 9.64 Å². The fraction of sp³-hybridized carbons (Fsp3) is 0.350. The van der Waals surface area contributed by atoms with E-state index < -0.39 is 17.7 Å². The van der Waals surface area contributed by atoms with E-state index in [-0.39, 0.29) is 18.1 Å². The predicted octanol–water partition coefficient (Wildman–Crippen LogP) is 4.14. The summed E-state index contributed by atoms with van der Waals surface area (Å²) >= 11 is 0. The van der Waals surface area contributed by atoms with Gasteiger partial charge in [-0.3, -0.25) is 4.79 Å². The minimum atomic E-state index is -4.41. The van der Waals surface area contributed by atoms with Crippen LogP contribution in [0.25, 0.3) is 11.1 Å². The van der Waals surface area contributed by atoms with Crippen molar-refractivity contribution >= 4 is 5.91 Å². The summed E-state index contributed by atoms with van der Waals surface area (Å²) < 4.78 is 45.5. The zero-order valence-corrected chi connectivity index (χ0v) is 13.8. The van der Waals surface area contributed by atoms with E-state index in [0.29, 0.717) is 25.1 Å². The number of ether oxygens (including phenoxy) is 1. The van der Waals surface area contributed by atoms with Crippen LogP contribution in [-0.4, -0.2) is 30.2 Å². The third-order valence-corrected chi connectivity index (χ3v) is 5.76. The monoisotopic (exact) mass is 359 g/mol. The van der Waals surface area contributed by atoms with Gasteiger partial charge in [-0.05, 0) is 34.4 Å². The van der Waals surface area contributed by atoms with Gasteiger partial charge in [0.1, 0.15) is 6.23 Å². The first kappa shape index (κ1) is 15.9. The normalized spacial score (nSPS) is 26.8. The Hall–Kier alpha value is -2.34. The van der Waals surface area contributed by atoms with Gasteiger partial charge >= 0.3 is 6.18 Å². The van der Waals surface area contributed by atoms with Gasteiger partial charge in [0, 0.05) is 18.9 Å². The van der Waals surface area contributed by atoms with Crippen LogP contribution in [0.2, 0.25) is 0 Å². The lowest BCUT2D eigenvalue weighted by atomic mass is 9.67. The lowest BCUT2D eigenvalue weighted by Crippen LogP contribution is -2.48. The van der Waals surface area contributed by atoms with Crippen molar-refractivity contribution in [2.24, 2.45) is 0 Å². The Balaban J connectivity index is 1.73. The summed E-state index contributed by atoms with van der Waals surface area (Å²) in [5.74, 6) is -0.784. The first-order chi connectivity index (χ1) is 12.4. The molecule has 0 spiro atoms. The van der Waals surface area contributed by atoms with E-state index in [0.717, 1.165) is 22.8 Å². The average Bonchev–Trinajstić information content (AvgIpc) is 3.09. The van der Waals surface area contributed by atoms with Gasteiger partial charge in [-0.25, -0.2) is 0 Å². The lowest BCUT2D eigenvalue weighted by molar-refractivity contribution is -0.143.